The average Bonchev–Trinajstić information content (AvgIpc) is 2.53. The number of anilines is 1. The minimum Gasteiger partial charge on any atom is -0.497 e. The molecule has 0 fully saturated rings. The molecule has 0 saturated carbocycles. The van der Waals surface area contributed by atoms with Crippen molar-refractivity contribution in [1.29, 1.82) is 0 Å². The smallest absolute Gasteiger partial charge is 0.172 e. The number of ether oxygens (including phenoxy) is 2. The lowest BCUT2D eigenvalue weighted by molar-refractivity contribution is 0.0693. The molecule has 0 saturated heterocycles. The lowest BCUT2D eigenvalue weighted by atomic mass is 9.89. The second-order valence-electron chi connectivity index (χ2n) is 6.84. The first-order chi connectivity index (χ1) is 11.9. The number of fused-ring (bicyclic) bond motifs is 1. The summed E-state index contributed by atoms with van der Waals surface area (Å²) in [6, 6.07) is 9.84. The minimum absolute atomic E-state index is 0.0504. The van der Waals surface area contributed by atoms with Crippen LogP contribution in [0.15, 0.2) is 36.5 Å². The Labute approximate surface area is 153 Å². The number of rotatable bonds is 3. The highest BCUT2D eigenvalue weighted by atomic mass is 32.1. The van der Waals surface area contributed by atoms with E-state index in [0.29, 0.717) is 5.11 Å². The predicted molar refractivity (Wildman–Crippen MR) is 103 cm³/mol. The topological polar surface area (TPSA) is 55.4 Å². The third kappa shape index (κ3) is 4.20. The summed E-state index contributed by atoms with van der Waals surface area (Å²) in [5, 5.41) is 7.09. The molecule has 0 radical (unpaired) electrons. The number of benzene rings is 1. The maximum atomic E-state index is 6.11. The third-order valence-corrected chi connectivity index (χ3v) is 4.36. The molecule has 132 valence electrons. The van der Waals surface area contributed by atoms with Gasteiger partial charge in [0.25, 0.3) is 0 Å². The molecule has 5 nitrogen and oxygen atoms in total. The van der Waals surface area contributed by atoms with Gasteiger partial charge in [-0.2, -0.15) is 0 Å². The van der Waals surface area contributed by atoms with Crippen molar-refractivity contribution in [3.05, 3.63) is 47.7 Å². The summed E-state index contributed by atoms with van der Waals surface area (Å²) in [5.41, 5.74) is 1.90. The number of pyridine rings is 1. The molecule has 1 aromatic carbocycles. The lowest BCUT2D eigenvalue weighted by Gasteiger charge is -2.38. The lowest BCUT2D eigenvalue weighted by Crippen LogP contribution is -2.42. The first-order valence-electron chi connectivity index (χ1n) is 8.23. The van der Waals surface area contributed by atoms with E-state index in [9.17, 15) is 0 Å². The van der Waals surface area contributed by atoms with Gasteiger partial charge in [-0.1, -0.05) is 0 Å². The second kappa shape index (κ2) is 6.88. The SMILES string of the molecule is COc1ccc2c(c1)OC(C)(C)CC2NC(=S)Nc1cc(C)ccn1. The highest BCUT2D eigenvalue weighted by Crippen LogP contribution is 2.41. The van der Waals surface area contributed by atoms with Crippen LogP contribution in [0.25, 0.3) is 0 Å². The summed E-state index contributed by atoms with van der Waals surface area (Å²) in [6.07, 6.45) is 2.56. The van der Waals surface area contributed by atoms with Gasteiger partial charge in [0.2, 0.25) is 0 Å². The maximum Gasteiger partial charge on any atom is 0.172 e. The molecule has 1 aliphatic heterocycles. The van der Waals surface area contributed by atoms with Gasteiger partial charge in [0.1, 0.15) is 22.9 Å². The number of hydrogen-bond donors (Lipinski definition) is 2. The fourth-order valence-electron chi connectivity index (χ4n) is 3.00. The Hall–Kier alpha value is -2.34. The van der Waals surface area contributed by atoms with Crippen LogP contribution in [0.3, 0.4) is 0 Å². The Morgan fingerprint density at radius 2 is 2.12 bits per heavy atom. The first-order valence-corrected chi connectivity index (χ1v) is 8.64. The van der Waals surface area contributed by atoms with E-state index in [0.717, 1.165) is 34.9 Å². The molecule has 2 aromatic rings. The van der Waals surface area contributed by atoms with Crippen molar-refractivity contribution in [3.63, 3.8) is 0 Å². The van der Waals surface area contributed by atoms with E-state index in [4.69, 9.17) is 21.7 Å². The largest absolute Gasteiger partial charge is 0.497 e. The summed E-state index contributed by atoms with van der Waals surface area (Å²) in [5.74, 6) is 2.34. The molecule has 2 N–H and O–H groups in total. The van der Waals surface area contributed by atoms with Gasteiger partial charge in [-0.15, -0.1) is 0 Å². The van der Waals surface area contributed by atoms with Crippen LogP contribution in [-0.2, 0) is 0 Å². The molecule has 25 heavy (non-hydrogen) atoms. The van der Waals surface area contributed by atoms with Crippen LogP contribution in [0.1, 0.15) is 37.4 Å². The number of methoxy groups -OCH3 is 1. The molecule has 1 atom stereocenters. The number of aryl methyl sites for hydroxylation is 1. The minimum atomic E-state index is -0.297. The van der Waals surface area contributed by atoms with Crippen LogP contribution in [0, 0.1) is 6.92 Å². The Morgan fingerprint density at radius 1 is 1.32 bits per heavy atom. The van der Waals surface area contributed by atoms with Gasteiger partial charge in [-0.25, -0.2) is 4.98 Å². The third-order valence-electron chi connectivity index (χ3n) is 4.14. The Morgan fingerprint density at radius 3 is 2.84 bits per heavy atom. The molecule has 2 heterocycles. The fraction of sp³-hybridized carbons (Fsp3) is 0.368. The molecule has 1 aromatic heterocycles. The summed E-state index contributed by atoms with van der Waals surface area (Å²) in [4.78, 5) is 4.29. The Balaban J connectivity index is 1.79. The monoisotopic (exact) mass is 357 g/mol. The van der Waals surface area contributed by atoms with Crippen molar-refractivity contribution in [3.8, 4) is 11.5 Å². The van der Waals surface area contributed by atoms with Crippen LogP contribution < -0.4 is 20.1 Å². The van der Waals surface area contributed by atoms with Gasteiger partial charge in [-0.3, -0.25) is 0 Å². The summed E-state index contributed by atoms with van der Waals surface area (Å²) in [7, 11) is 1.65. The van der Waals surface area contributed by atoms with Crippen LogP contribution in [-0.4, -0.2) is 22.8 Å². The predicted octanol–water partition coefficient (Wildman–Crippen LogP) is 3.99. The molecule has 0 aliphatic carbocycles. The highest BCUT2D eigenvalue weighted by Gasteiger charge is 2.34. The molecule has 0 amide bonds. The zero-order valence-corrected chi connectivity index (χ0v) is 15.7. The van der Waals surface area contributed by atoms with Crippen LogP contribution >= 0.6 is 12.2 Å². The van der Waals surface area contributed by atoms with Crippen molar-refractivity contribution in [2.75, 3.05) is 12.4 Å². The van der Waals surface area contributed by atoms with Gasteiger partial charge < -0.3 is 20.1 Å². The van der Waals surface area contributed by atoms with Gasteiger partial charge >= 0.3 is 0 Å². The molecule has 3 rings (SSSR count). The standard InChI is InChI=1S/C19H23N3O2S/c1-12-7-8-20-17(9-12)22-18(25)21-15-11-19(2,3)24-16-10-13(23-4)5-6-14(15)16/h5-10,15H,11H2,1-4H3,(H2,20,21,22,25). The molecule has 0 spiro atoms. The zero-order chi connectivity index (χ0) is 18.0. The number of thiocarbonyl (C=S) groups is 1. The van der Waals surface area contributed by atoms with Crippen molar-refractivity contribution >= 4 is 23.1 Å². The Kier molecular flexibility index (Phi) is 4.81. The molecule has 6 heteroatoms. The maximum absolute atomic E-state index is 6.11. The Bertz CT molecular complexity index is 792. The first kappa shape index (κ1) is 17.5. The van der Waals surface area contributed by atoms with Crippen LogP contribution in [0.4, 0.5) is 5.82 Å². The van der Waals surface area contributed by atoms with Gasteiger partial charge in [0.05, 0.1) is 13.2 Å². The van der Waals surface area contributed by atoms with Crippen molar-refractivity contribution in [2.24, 2.45) is 0 Å². The number of nitrogens with one attached hydrogen (secondary N) is 2. The van der Waals surface area contributed by atoms with E-state index in [2.05, 4.69) is 29.5 Å². The van der Waals surface area contributed by atoms with Crippen molar-refractivity contribution in [2.45, 2.75) is 38.8 Å². The van der Waals surface area contributed by atoms with Crippen molar-refractivity contribution in [1.82, 2.24) is 10.3 Å². The van der Waals surface area contributed by atoms with E-state index in [1.54, 1.807) is 13.3 Å². The molecular formula is C19H23N3O2S. The van der Waals surface area contributed by atoms with E-state index in [-0.39, 0.29) is 11.6 Å². The normalized spacial score (nSPS) is 17.8. The van der Waals surface area contributed by atoms with Crippen molar-refractivity contribution < 1.29 is 9.47 Å². The van der Waals surface area contributed by atoms with E-state index >= 15 is 0 Å². The molecule has 1 aliphatic rings. The van der Waals surface area contributed by atoms with Gasteiger partial charge in [0, 0.05) is 24.2 Å². The summed E-state index contributed by atoms with van der Waals surface area (Å²) < 4.78 is 11.4. The van der Waals surface area contributed by atoms with Crippen LogP contribution in [0.5, 0.6) is 11.5 Å². The van der Waals surface area contributed by atoms with Gasteiger partial charge in [0.15, 0.2) is 5.11 Å². The number of nitrogens with zero attached hydrogens (tertiary/aromatic N) is 1. The summed E-state index contributed by atoms with van der Waals surface area (Å²) in [6.45, 7) is 6.17. The van der Waals surface area contributed by atoms with E-state index in [1.807, 2.05) is 37.3 Å². The molecule has 1 unspecified atom stereocenters. The average molecular weight is 357 g/mol. The van der Waals surface area contributed by atoms with Crippen LogP contribution in [0.2, 0.25) is 0 Å². The number of hydrogen-bond acceptors (Lipinski definition) is 4. The molecule has 0 bridgehead atoms. The fourth-order valence-corrected chi connectivity index (χ4v) is 3.25. The van der Waals surface area contributed by atoms with E-state index < -0.39 is 0 Å². The number of aromatic nitrogens is 1. The highest BCUT2D eigenvalue weighted by molar-refractivity contribution is 7.80. The van der Waals surface area contributed by atoms with E-state index in [1.165, 1.54) is 0 Å². The summed E-state index contributed by atoms with van der Waals surface area (Å²) >= 11 is 5.49. The van der Waals surface area contributed by atoms with Gasteiger partial charge in [-0.05, 0) is 62.8 Å². The quantitative estimate of drug-likeness (QED) is 0.810. The zero-order valence-electron chi connectivity index (χ0n) is 14.9. The second-order valence-corrected chi connectivity index (χ2v) is 7.25. The molecular weight excluding hydrogens is 334 g/mol.